The van der Waals surface area contributed by atoms with Crippen LogP contribution in [0.25, 0.3) is 0 Å². The summed E-state index contributed by atoms with van der Waals surface area (Å²) in [5, 5.41) is 2.70. The van der Waals surface area contributed by atoms with E-state index in [0.29, 0.717) is 17.1 Å². The van der Waals surface area contributed by atoms with E-state index in [9.17, 15) is 9.59 Å². The average molecular weight is 347 g/mol. The van der Waals surface area contributed by atoms with Crippen LogP contribution in [0.5, 0.6) is 0 Å². The molecular formula is C19H29N3O3. The first-order chi connectivity index (χ1) is 11.5. The molecule has 1 rings (SSSR count). The van der Waals surface area contributed by atoms with Crippen molar-refractivity contribution in [2.75, 3.05) is 6.61 Å². The van der Waals surface area contributed by atoms with Crippen LogP contribution in [-0.4, -0.2) is 34.5 Å². The van der Waals surface area contributed by atoms with Gasteiger partial charge < -0.3 is 10.1 Å². The van der Waals surface area contributed by atoms with E-state index in [4.69, 9.17) is 4.74 Å². The molecule has 0 saturated carbocycles. The van der Waals surface area contributed by atoms with Crippen molar-refractivity contribution in [3.8, 4) is 0 Å². The molecule has 1 aromatic rings. The van der Waals surface area contributed by atoms with Crippen molar-refractivity contribution in [1.82, 2.24) is 15.3 Å². The normalized spacial score (nSPS) is 13.1. The summed E-state index contributed by atoms with van der Waals surface area (Å²) in [5.74, 6) is -0.0282. The van der Waals surface area contributed by atoms with Crippen molar-refractivity contribution in [3.05, 3.63) is 35.4 Å². The van der Waals surface area contributed by atoms with Gasteiger partial charge in [0.1, 0.15) is 11.9 Å². The van der Waals surface area contributed by atoms with Crippen molar-refractivity contribution in [2.45, 2.75) is 60.4 Å². The maximum atomic E-state index is 12.6. The minimum Gasteiger partial charge on any atom is -0.464 e. The lowest BCUT2D eigenvalue weighted by molar-refractivity contribution is -0.144. The molecule has 1 aromatic heterocycles. The topological polar surface area (TPSA) is 81.2 Å². The third kappa shape index (κ3) is 6.64. The van der Waals surface area contributed by atoms with Gasteiger partial charge in [-0.1, -0.05) is 46.8 Å². The summed E-state index contributed by atoms with van der Waals surface area (Å²) in [4.78, 5) is 33.3. The lowest BCUT2D eigenvalue weighted by Crippen LogP contribution is -2.41. The molecule has 138 valence electrons. The van der Waals surface area contributed by atoms with Crippen LogP contribution in [0.15, 0.2) is 18.3 Å². The lowest BCUT2D eigenvalue weighted by atomic mass is 9.95. The number of allylic oxidation sites excluding steroid dienone is 1. The Bertz CT molecular complexity index is 646. The van der Waals surface area contributed by atoms with Crippen LogP contribution in [0.1, 0.15) is 69.3 Å². The fraction of sp³-hybridized carbons (Fsp3) is 0.579. The number of rotatable bonds is 6. The molecule has 6 nitrogen and oxygen atoms in total. The molecule has 1 atom stereocenters. The molecule has 1 unspecified atom stereocenters. The van der Waals surface area contributed by atoms with E-state index in [0.717, 1.165) is 0 Å². The number of aromatic nitrogens is 2. The standard InChI is InChI=1S/C19H29N3O3/c1-8-25-18(24)15(9-10-19(5,6)7)22-17(23)14-11-20-16(12(2)3)21-13(14)4/h9-12,15H,8H2,1-7H3,(H,22,23)/b10-9+. The number of aryl methyl sites for hydroxylation is 1. The Morgan fingerprint density at radius 3 is 2.44 bits per heavy atom. The van der Waals surface area contributed by atoms with E-state index in [1.807, 2.05) is 40.7 Å². The average Bonchev–Trinajstić information content (AvgIpc) is 2.50. The molecule has 25 heavy (non-hydrogen) atoms. The first-order valence-electron chi connectivity index (χ1n) is 8.55. The second kappa shape index (κ2) is 8.74. The van der Waals surface area contributed by atoms with Crippen molar-refractivity contribution in [3.63, 3.8) is 0 Å². The molecule has 0 radical (unpaired) electrons. The fourth-order valence-corrected chi connectivity index (χ4v) is 2.01. The lowest BCUT2D eigenvalue weighted by Gasteiger charge is -2.17. The molecule has 0 aliphatic carbocycles. The predicted molar refractivity (Wildman–Crippen MR) is 97.3 cm³/mol. The minimum atomic E-state index is -0.851. The van der Waals surface area contributed by atoms with E-state index >= 15 is 0 Å². The molecule has 0 fully saturated rings. The number of hydrogen-bond acceptors (Lipinski definition) is 5. The summed E-state index contributed by atoms with van der Waals surface area (Å²) < 4.78 is 5.05. The van der Waals surface area contributed by atoms with Crippen LogP contribution >= 0.6 is 0 Å². The molecule has 0 saturated heterocycles. The van der Waals surface area contributed by atoms with Gasteiger partial charge in [0.25, 0.3) is 5.91 Å². The van der Waals surface area contributed by atoms with Gasteiger partial charge in [0, 0.05) is 12.1 Å². The molecule has 1 N–H and O–H groups in total. The Kier molecular flexibility index (Phi) is 7.27. The Morgan fingerprint density at radius 2 is 1.96 bits per heavy atom. The highest BCUT2D eigenvalue weighted by atomic mass is 16.5. The monoisotopic (exact) mass is 347 g/mol. The minimum absolute atomic E-state index is 0.118. The van der Waals surface area contributed by atoms with Crippen molar-refractivity contribution in [2.24, 2.45) is 5.41 Å². The number of carbonyl (C=O) groups excluding carboxylic acids is 2. The summed E-state index contributed by atoms with van der Waals surface area (Å²) in [6.45, 7) is 13.7. The zero-order chi connectivity index (χ0) is 19.2. The summed E-state index contributed by atoms with van der Waals surface area (Å²) >= 11 is 0. The smallest absolute Gasteiger partial charge is 0.332 e. The Balaban J connectivity index is 3.01. The third-order valence-electron chi connectivity index (χ3n) is 3.37. The van der Waals surface area contributed by atoms with Crippen molar-refractivity contribution in [1.29, 1.82) is 0 Å². The van der Waals surface area contributed by atoms with E-state index in [1.165, 1.54) is 6.20 Å². The number of carbonyl (C=O) groups is 2. The number of esters is 1. The van der Waals surface area contributed by atoms with Gasteiger partial charge in [0.05, 0.1) is 17.9 Å². The SMILES string of the molecule is CCOC(=O)C(/C=C/C(C)(C)C)NC(=O)c1cnc(C(C)C)nc1C. The Morgan fingerprint density at radius 1 is 1.32 bits per heavy atom. The van der Waals surface area contributed by atoms with Crippen LogP contribution in [0.2, 0.25) is 0 Å². The first kappa shape index (κ1) is 20.8. The summed E-state index contributed by atoms with van der Waals surface area (Å²) in [7, 11) is 0. The number of nitrogens with zero attached hydrogens (tertiary/aromatic N) is 2. The second-order valence-corrected chi connectivity index (χ2v) is 7.31. The highest BCUT2D eigenvalue weighted by Crippen LogP contribution is 2.16. The Hall–Kier alpha value is -2.24. The zero-order valence-electron chi connectivity index (χ0n) is 16.2. The molecule has 1 amide bonds. The largest absolute Gasteiger partial charge is 0.464 e. The highest BCUT2D eigenvalue weighted by Gasteiger charge is 2.22. The zero-order valence-corrected chi connectivity index (χ0v) is 16.2. The molecule has 0 aliphatic heterocycles. The number of amides is 1. The Labute approximate surface area is 150 Å². The van der Waals surface area contributed by atoms with Gasteiger partial charge in [-0.3, -0.25) is 4.79 Å². The quantitative estimate of drug-likeness (QED) is 0.631. The second-order valence-electron chi connectivity index (χ2n) is 7.31. The first-order valence-corrected chi connectivity index (χ1v) is 8.55. The van der Waals surface area contributed by atoms with Gasteiger partial charge >= 0.3 is 5.97 Å². The highest BCUT2D eigenvalue weighted by molar-refractivity contribution is 5.97. The number of ether oxygens (including phenoxy) is 1. The van der Waals surface area contributed by atoms with Gasteiger partial charge in [0.2, 0.25) is 0 Å². The maximum absolute atomic E-state index is 12.6. The number of hydrogen-bond donors (Lipinski definition) is 1. The maximum Gasteiger partial charge on any atom is 0.332 e. The van der Waals surface area contributed by atoms with Crippen LogP contribution < -0.4 is 5.32 Å². The van der Waals surface area contributed by atoms with Crippen LogP contribution in [-0.2, 0) is 9.53 Å². The fourth-order valence-electron chi connectivity index (χ4n) is 2.01. The molecule has 0 aliphatic rings. The predicted octanol–water partition coefficient (Wildman–Crippen LogP) is 3.17. The summed E-state index contributed by atoms with van der Waals surface area (Å²) in [5.41, 5.74) is 0.814. The van der Waals surface area contributed by atoms with Gasteiger partial charge in [-0.2, -0.15) is 0 Å². The summed E-state index contributed by atoms with van der Waals surface area (Å²) in [6, 6.07) is -0.851. The van der Waals surface area contributed by atoms with Crippen molar-refractivity contribution < 1.29 is 14.3 Å². The van der Waals surface area contributed by atoms with Gasteiger partial charge in [0.15, 0.2) is 0 Å². The molecule has 6 heteroatoms. The molecular weight excluding hydrogens is 318 g/mol. The van der Waals surface area contributed by atoms with E-state index < -0.39 is 17.9 Å². The van der Waals surface area contributed by atoms with E-state index in [2.05, 4.69) is 15.3 Å². The van der Waals surface area contributed by atoms with E-state index in [1.54, 1.807) is 19.9 Å². The molecule has 0 spiro atoms. The van der Waals surface area contributed by atoms with Crippen LogP contribution in [0.4, 0.5) is 0 Å². The van der Waals surface area contributed by atoms with E-state index in [-0.39, 0.29) is 17.9 Å². The van der Waals surface area contributed by atoms with Gasteiger partial charge in [-0.25, -0.2) is 14.8 Å². The van der Waals surface area contributed by atoms with Crippen LogP contribution in [0.3, 0.4) is 0 Å². The molecule has 0 bridgehead atoms. The van der Waals surface area contributed by atoms with Crippen LogP contribution in [0, 0.1) is 12.3 Å². The van der Waals surface area contributed by atoms with Gasteiger partial charge in [-0.15, -0.1) is 0 Å². The molecule has 0 aromatic carbocycles. The van der Waals surface area contributed by atoms with Crippen molar-refractivity contribution >= 4 is 11.9 Å². The third-order valence-corrected chi connectivity index (χ3v) is 3.37. The summed E-state index contributed by atoms with van der Waals surface area (Å²) in [6.07, 6.45) is 5.04. The van der Waals surface area contributed by atoms with Gasteiger partial charge in [-0.05, 0) is 19.3 Å². The number of nitrogens with one attached hydrogen (secondary N) is 1. The molecule has 1 heterocycles.